The summed E-state index contributed by atoms with van der Waals surface area (Å²) in [5.41, 5.74) is 4.77. The van der Waals surface area contributed by atoms with E-state index in [1.54, 1.807) is 55.5 Å². The average Bonchev–Trinajstić information content (AvgIpc) is 2.94. The zero-order chi connectivity index (χ0) is 27.6. The first kappa shape index (κ1) is 27.7. The fraction of sp³-hybridized carbons (Fsp3) is 0.100. The smallest absolute Gasteiger partial charge is 0.345 e. The molecular weight excluding hydrogens is 539 g/mol. The number of rotatable bonds is 10. The van der Waals surface area contributed by atoms with Gasteiger partial charge in [-0.1, -0.05) is 53.5 Å². The zero-order valence-electron chi connectivity index (χ0n) is 20.9. The topological polar surface area (TPSA) is 86.2 Å². The van der Waals surface area contributed by atoms with E-state index in [0.29, 0.717) is 40.9 Å². The molecule has 0 unspecified atom stereocenters. The van der Waals surface area contributed by atoms with E-state index in [2.05, 4.69) is 10.5 Å². The van der Waals surface area contributed by atoms with Crippen molar-refractivity contribution in [3.8, 4) is 17.2 Å². The molecule has 0 heterocycles. The molecule has 4 rings (SSSR count). The molecule has 198 valence electrons. The molecule has 4 aromatic rings. The maximum Gasteiger partial charge on any atom is 0.345 e. The number of carbonyl (C=O) groups is 2. The van der Waals surface area contributed by atoms with E-state index in [9.17, 15) is 9.59 Å². The summed E-state index contributed by atoms with van der Waals surface area (Å²) in [4.78, 5) is 25.1. The van der Waals surface area contributed by atoms with Crippen LogP contribution in [0, 0.1) is 0 Å². The molecule has 1 amide bonds. The highest BCUT2D eigenvalue weighted by Crippen LogP contribution is 2.30. The van der Waals surface area contributed by atoms with Crippen LogP contribution >= 0.6 is 23.2 Å². The van der Waals surface area contributed by atoms with E-state index in [0.717, 1.165) is 5.56 Å². The molecule has 7 nitrogen and oxygen atoms in total. The molecule has 0 atom stereocenters. The van der Waals surface area contributed by atoms with Crippen molar-refractivity contribution in [1.82, 2.24) is 5.43 Å². The van der Waals surface area contributed by atoms with E-state index in [1.165, 1.54) is 18.3 Å². The van der Waals surface area contributed by atoms with Crippen molar-refractivity contribution in [2.45, 2.75) is 13.5 Å². The van der Waals surface area contributed by atoms with Gasteiger partial charge in [-0.3, -0.25) is 4.79 Å². The predicted octanol–water partition coefficient (Wildman–Crippen LogP) is 6.95. The monoisotopic (exact) mass is 562 g/mol. The fourth-order valence-electron chi connectivity index (χ4n) is 3.44. The van der Waals surface area contributed by atoms with Crippen LogP contribution in [0.1, 0.15) is 38.8 Å². The first-order chi connectivity index (χ1) is 18.9. The van der Waals surface area contributed by atoms with Crippen molar-refractivity contribution in [2.24, 2.45) is 5.10 Å². The second-order valence-electron chi connectivity index (χ2n) is 8.15. The minimum absolute atomic E-state index is 0.174. The number of amides is 1. The number of ether oxygens (including phenoxy) is 3. The molecule has 0 saturated carbocycles. The highest BCUT2D eigenvalue weighted by atomic mass is 35.5. The highest BCUT2D eigenvalue weighted by molar-refractivity contribution is 6.36. The lowest BCUT2D eigenvalue weighted by Crippen LogP contribution is -2.17. The Balaban J connectivity index is 1.35. The summed E-state index contributed by atoms with van der Waals surface area (Å²) in [5.74, 6) is 0.168. The van der Waals surface area contributed by atoms with E-state index in [4.69, 9.17) is 37.4 Å². The number of nitrogens with zero attached hydrogens (tertiary/aromatic N) is 1. The van der Waals surface area contributed by atoms with Gasteiger partial charge in [0.25, 0.3) is 5.91 Å². The van der Waals surface area contributed by atoms with E-state index >= 15 is 0 Å². The van der Waals surface area contributed by atoms with Crippen LogP contribution in [0.15, 0.2) is 96.1 Å². The third-order valence-electron chi connectivity index (χ3n) is 5.37. The number of hydrogen-bond acceptors (Lipinski definition) is 6. The minimum Gasteiger partial charge on any atom is -0.490 e. The summed E-state index contributed by atoms with van der Waals surface area (Å²) >= 11 is 12.0. The highest BCUT2D eigenvalue weighted by Gasteiger charge is 2.16. The van der Waals surface area contributed by atoms with Gasteiger partial charge in [-0.15, -0.1) is 0 Å². The number of carbonyl (C=O) groups excluding carboxylic acids is 2. The van der Waals surface area contributed by atoms with Crippen LogP contribution in [0.2, 0.25) is 10.0 Å². The van der Waals surface area contributed by atoms with Gasteiger partial charge in [0.2, 0.25) is 0 Å². The summed E-state index contributed by atoms with van der Waals surface area (Å²) in [6.45, 7) is 2.59. The normalized spacial score (nSPS) is 10.7. The molecule has 0 bridgehead atoms. The molecule has 1 N–H and O–H groups in total. The third kappa shape index (κ3) is 7.83. The molecular formula is C30H24Cl2N2O5. The van der Waals surface area contributed by atoms with Crippen LogP contribution in [0.5, 0.6) is 17.2 Å². The van der Waals surface area contributed by atoms with Crippen LogP contribution < -0.4 is 19.6 Å². The van der Waals surface area contributed by atoms with Gasteiger partial charge in [0.1, 0.15) is 12.4 Å². The largest absolute Gasteiger partial charge is 0.490 e. The van der Waals surface area contributed by atoms with Gasteiger partial charge in [0.05, 0.1) is 23.4 Å². The lowest BCUT2D eigenvalue weighted by molar-refractivity contribution is 0.0728. The minimum atomic E-state index is -0.650. The molecule has 0 aromatic heterocycles. The summed E-state index contributed by atoms with van der Waals surface area (Å²) in [7, 11) is 0. The molecule has 0 aliphatic heterocycles. The summed E-state index contributed by atoms with van der Waals surface area (Å²) in [5, 5.41) is 4.62. The molecule has 0 spiro atoms. The lowest BCUT2D eigenvalue weighted by Gasteiger charge is -2.12. The molecule has 0 radical (unpaired) electrons. The van der Waals surface area contributed by atoms with Crippen LogP contribution in [0.4, 0.5) is 0 Å². The van der Waals surface area contributed by atoms with Gasteiger partial charge in [-0.2, -0.15) is 5.10 Å². The Bertz CT molecular complexity index is 1470. The third-order valence-corrected chi connectivity index (χ3v) is 5.91. The van der Waals surface area contributed by atoms with Crippen molar-refractivity contribution in [3.63, 3.8) is 0 Å². The summed E-state index contributed by atoms with van der Waals surface area (Å²) < 4.78 is 16.9. The maximum absolute atomic E-state index is 12.6. The Labute approximate surface area is 235 Å². The predicted molar refractivity (Wildman–Crippen MR) is 151 cm³/mol. The zero-order valence-corrected chi connectivity index (χ0v) is 22.4. The maximum atomic E-state index is 12.6. The number of benzene rings is 4. The van der Waals surface area contributed by atoms with Gasteiger partial charge in [-0.25, -0.2) is 10.2 Å². The summed E-state index contributed by atoms with van der Waals surface area (Å²) in [6, 6.07) is 26.0. The van der Waals surface area contributed by atoms with E-state index in [-0.39, 0.29) is 22.2 Å². The fourth-order valence-corrected chi connectivity index (χ4v) is 3.93. The van der Waals surface area contributed by atoms with Gasteiger partial charge in [-0.05, 0) is 78.7 Å². The first-order valence-electron chi connectivity index (χ1n) is 12.0. The van der Waals surface area contributed by atoms with Gasteiger partial charge < -0.3 is 14.2 Å². The first-order valence-corrected chi connectivity index (χ1v) is 12.7. The Morgan fingerprint density at radius 1 is 0.872 bits per heavy atom. The van der Waals surface area contributed by atoms with Crippen molar-refractivity contribution in [2.75, 3.05) is 6.61 Å². The van der Waals surface area contributed by atoms with Crippen molar-refractivity contribution in [3.05, 3.63) is 123 Å². The average molecular weight is 563 g/mol. The Morgan fingerprint density at radius 2 is 1.64 bits per heavy atom. The van der Waals surface area contributed by atoms with Gasteiger partial charge >= 0.3 is 5.97 Å². The standard InChI is InChI=1S/C30H24Cl2N2O5/c1-2-37-28-16-21(8-15-27(28)39-30(36)25-14-11-23(31)17-26(25)32)18-33-34-29(35)22-9-12-24(13-10-22)38-19-20-6-4-3-5-7-20/h3-18H,2,19H2,1H3,(H,34,35)/b33-18+. The molecule has 39 heavy (non-hydrogen) atoms. The Kier molecular flexibility index (Phi) is 9.56. The Morgan fingerprint density at radius 3 is 2.36 bits per heavy atom. The number of halogens is 2. The van der Waals surface area contributed by atoms with Crippen LogP contribution in [-0.4, -0.2) is 24.7 Å². The Hall–Kier alpha value is -4.33. The summed E-state index contributed by atoms with van der Waals surface area (Å²) in [6.07, 6.45) is 1.46. The number of esters is 1. The van der Waals surface area contributed by atoms with Gasteiger partial charge in [0, 0.05) is 10.6 Å². The molecule has 4 aromatic carbocycles. The molecule has 0 fully saturated rings. The van der Waals surface area contributed by atoms with Crippen molar-refractivity contribution in [1.29, 1.82) is 0 Å². The van der Waals surface area contributed by atoms with E-state index < -0.39 is 5.97 Å². The van der Waals surface area contributed by atoms with Crippen LogP contribution in [-0.2, 0) is 6.61 Å². The molecule has 0 aliphatic carbocycles. The SMILES string of the molecule is CCOc1cc(/C=N/NC(=O)c2ccc(OCc3ccccc3)cc2)ccc1OC(=O)c1ccc(Cl)cc1Cl. The number of hydrogen-bond donors (Lipinski definition) is 1. The van der Waals surface area contributed by atoms with E-state index in [1.807, 2.05) is 30.3 Å². The van der Waals surface area contributed by atoms with Crippen molar-refractivity contribution >= 4 is 41.3 Å². The molecule has 9 heteroatoms. The van der Waals surface area contributed by atoms with Crippen LogP contribution in [0.3, 0.4) is 0 Å². The second kappa shape index (κ2) is 13.5. The lowest BCUT2D eigenvalue weighted by atomic mass is 10.2. The quantitative estimate of drug-likeness (QED) is 0.0977. The van der Waals surface area contributed by atoms with Gasteiger partial charge in [0.15, 0.2) is 11.5 Å². The number of hydrazone groups is 1. The molecule has 0 saturated heterocycles. The van der Waals surface area contributed by atoms with Crippen LogP contribution in [0.25, 0.3) is 0 Å². The second-order valence-corrected chi connectivity index (χ2v) is 8.99. The number of nitrogens with one attached hydrogen (secondary N) is 1. The molecule has 0 aliphatic rings. The van der Waals surface area contributed by atoms with Crippen molar-refractivity contribution < 1.29 is 23.8 Å².